The van der Waals surface area contributed by atoms with Crippen molar-refractivity contribution in [3.63, 3.8) is 0 Å². The second-order valence-electron chi connectivity index (χ2n) is 4.95. The zero-order chi connectivity index (χ0) is 13.9. The van der Waals surface area contributed by atoms with E-state index in [9.17, 15) is 4.79 Å². The van der Waals surface area contributed by atoms with Gasteiger partial charge in [0.15, 0.2) is 5.54 Å². The fourth-order valence-corrected chi connectivity index (χ4v) is 2.47. The Labute approximate surface area is 114 Å². The molecule has 104 valence electrons. The number of anilines is 1. The summed E-state index contributed by atoms with van der Waals surface area (Å²) in [6.45, 7) is 6.70. The van der Waals surface area contributed by atoms with Crippen molar-refractivity contribution in [1.82, 2.24) is 0 Å². The van der Waals surface area contributed by atoms with Gasteiger partial charge in [-0.25, -0.2) is 4.79 Å². The zero-order valence-corrected chi connectivity index (χ0v) is 11.7. The first kappa shape index (κ1) is 13.9. The third kappa shape index (κ3) is 2.73. The van der Waals surface area contributed by atoms with Gasteiger partial charge in [0.2, 0.25) is 0 Å². The van der Waals surface area contributed by atoms with Gasteiger partial charge in [-0.15, -0.1) is 0 Å². The third-order valence-corrected chi connectivity index (χ3v) is 3.58. The van der Waals surface area contributed by atoms with Crippen molar-refractivity contribution in [1.29, 1.82) is 0 Å². The maximum absolute atomic E-state index is 12.3. The molecule has 4 nitrogen and oxygen atoms in total. The Morgan fingerprint density at radius 2 is 2.37 bits per heavy atom. The van der Waals surface area contributed by atoms with E-state index in [2.05, 4.69) is 5.32 Å². The van der Waals surface area contributed by atoms with Crippen LogP contribution in [0.1, 0.15) is 25.8 Å². The molecule has 2 atom stereocenters. The number of esters is 1. The largest absolute Gasteiger partial charge is 0.464 e. The molecule has 0 spiro atoms. The molecule has 1 fully saturated rings. The van der Waals surface area contributed by atoms with E-state index in [0.717, 1.165) is 11.3 Å². The molecule has 1 aliphatic rings. The summed E-state index contributed by atoms with van der Waals surface area (Å²) in [6, 6.07) is 7.97. The summed E-state index contributed by atoms with van der Waals surface area (Å²) >= 11 is 0. The van der Waals surface area contributed by atoms with Gasteiger partial charge in [-0.2, -0.15) is 0 Å². The average Bonchev–Trinajstić information content (AvgIpc) is 2.72. The Morgan fingerprint density at radius 3 is 2.95 bits per heavy atom. The topological polar surface area (TPSA) is 47.6 Å². The lowest BCUT2D eigenvalue weighted by atomic mass is 9.91. The molecule has 1 aliphatic heterocycles. The lowest BCUT2D eigenvalue weighted by Crippen LogP contribution is -2.52. The summed E-state index contributed by atoms with van der Waals surface area (Å²) in [5, 5.41) is 3.33. The van der Waals surface area contributed by atoms with E-state index < -0.39 is 5.54 Å². The highest BCUT2D eigenvalue weighted by atomic mass is 16.5. The maximum atomic E-state index is 12.3. The van der Waals surface area contributed by atoms with E-state index >= 15 is 0 Å². The number of nitrogens with one attached hydrogen (secondary N) is 1. The maximum Gasteiger partial charge on any atom is 0.334 e. The SMILES string of the molecule is CCOC(=O)C1(Nc2cccc(C)c2)CCOC1C. The fourth-order valence-electron chi connectivity index (χ4n) is 2.47. The molecule has 2 rings (SSSR count). The molecule has 0 radical (unpaired) electrons. The first-order valence-electron chi connectivity index (χ1n) is 6.72. The van der Waals surface area contributed by atoms with Crippen LogP contribution in [-0.2, 0) is 14.3 Å². The summed E-state index contributed by atoms with van der Waals surface area (Å²) in [5.74, 6) is -0.235. The van der Waals surface area contributed by atoms with Crippen LogP contribution >= 0.6 is 0 Å². The predicted octanol–water partition coefficient (Wildman–Crippen LogP) is 2.52. The predicted molar refractivity (Wildman–Crippen MR) is 74.2 cm³/mol. The summed E-state index contributed by atoms with van der Waals surface area (Å²) in [6.07, 6.45) is 0.424. The van der Waals surface area contributed by atoms with Crippen molar-refractivity contribution in [2.75, 3.05) is 18.5 Å². The Morgan fingerprint density at radius 1 is 1.58 bits per heavy atom. The van der Waals surface area contributed by atoms with Crippen LogP contribution in [0.5, 0.6) is 0 Å². The zero-order valence-electron chi connectivity index (χ0n) is 11.7. The smallest absolute Gasteiger partial charge is 0.334 e. The van der Waals surface area contributed by atoms with Crippen LogP contribution in [0.2, 0.25) is 0 Å². The van der Waals surface area contributed by atoms with Gasteiger partial charge < -0.3 is 14.8 Å². The van der Waals surface area contributed by atoms with Gasteiger partial charge >= 0.3 is 5.97 Å². The Balaban J connectivity index is 2.26. The van der Waals surface area contributed by atoms with Crippen LogP contribution in [0, 0.1) is 6.92 Å². The van der Waals surface area contributed by atoms with Crippen LogP contribution in [0.25, 0.3) is 0 Å². The van der Waals surface area contributed by atoms with E-state index in [1.807, 2.05) is 45.0 Å². The number of hydrogen-bond donors (Lipinski definition) is 1. The van der Waals surface area contributed by atoms with E-state index in [4.69, 9.17) is 9.47 Å². The number of rotatable bonds is 4. The molecule has 19 heavy (non-hydrogen) atoms. The fraction of sp³-hybridized carbons (Fsp3) is 0.533. The number of aryl methyl sites for hydroxylation is 1. The molecule has 1 saturated heterocycles. The minimum Gasteiger partial charge on any atom is -0.464 e. The van der Waals surface area contributed by atoms with E-state index in [-0.39, 0.29) is 12.1 Å². The number of ether oxygens (including phenoxy) is 2. The molecule has 0 aromatic heterocycles. The van der Waals surface area contributed by atoms with Gasteiger partial charge in [0.25, 0.3) is 0 Å². The van der Waals surface area contributed by atoms with E-state index in [1.165, 1.54) is 0 Å². The Hall–Kier alpha value is -1.55. The highest BCUT2D eigenvalue weighted by Crippen LogP contribution is 2.31. The monoisotopic (exact) mass is 263 g/mol. The Kier molecular flexibility index (Phi) is 4.10. The van der Waals surface area contributed by atoms with Gasteiger partial charge in [0.05, 0.1) is 12.7 Å². The molecule has 1 heterocycles. The second-order valence-corrected chi connectivity index (χ2v) is 4.95. The van der Waals surface area contributed by atoms with Gasteiger partial charge in [-0.05, 0) is 38.5 Å². The van der Waals surface area contributed by atoms with Gasteiger partial charge in [0.1, 0.15) is 0 Å². The molecule has 1 aromatic carbocycles. The van der Waals surface area contributed by atoms with Crippen LogP contribution < -0.4 is 5.32 Å². The van der Waals surface area contributed by atoms with E-state index in [0.29, 0.717) is 19.6 Å². The normalized spacial score (nSPS) is 26.2. The van der Waals surface area contributed by atoms with Crippen molar-refractivity contribution >= 4 is 11.7 Å². The molecule has 1 aromatic rings. The lowest BCUT2D eigenvalue weighted by Gasteiger charge is -2.31. The average molecular weight is 263 g/mol. The summed E-state index contributed by atoms with van der Waals surface area (Å²) in [5.41, 5.74) is 1.30. The second kappa shape index (κ2) is 5.61. The summed E-state index contributed by atoms with van der Waals surface area (Å²) < 4.78 is 10.8. The van der Waals surface area contributed by atoms with Crippen molar-refractivity contribution in [3.05, 3.63) is 29.8 Å². The van der Waals surface area contributed by atoms with Crippen LogP contribution in [0.3, 0.4) is 0 Å². The number of carbonyl (C=O) groups excluding carboxylic acids is 1. The summed E-state index contributed by atoms with van der Waals surface area (Å²) in [4.78, 5) is 12.3. The van der Waals surface area contributed by atoms with Gasteiger partial charge in [0, 0.05) is 18.7 Å². The molecular weight excluding hydrogens is 242 g/mol. The molecule has 1 N–H and O–H groups in total. The minimum absolute atomic E-state index is 0.202. The van der Waals surface area contributed by atoms with Crippen molar-refractivity contribution < 1.29 is 14.3 Å². The highest BCUT2D eigenvalue weighted by Gasteiger charge is 2.49. The third-order valence-electron chi connectivity index (χ3n) is 3.58. The van der Waals surface area contributed by atoms with Crippen LogP contribution in [-0.4, -0.2) is 30.8 Å². The van der Waals surface area contributed by atoms with Crippen LogP contribution in [0.4, 0.5) is 5.69 Å². The molecule has 0 saturated carbocycles. The standard InChI is InChI=1S/C15H21NO3/c1-4-18-14(17)15(8-9-19-12(15)3)16-13-7-5-6-11(2)10-13/h5-7,10,12,16H,4,8-9H2,1-3H3. The van der Waals surface area contributed by atoms with Crippen molar-refractivity contribution in [2.45, 2.75) is 38.8 Å². The quantitative estimate of drug-likeness (QED) is 0.848. The number of benzene rings is 1. The van der Waals surface area contributed by atoms with Gasteiger partial charge in [-0.3, -0.25) is 0 Å². The Bertz CT molecular complexity index is 460. The first-order valence-corrected chi connectivity index (χ1v) is 6.72. The molecule has 0 amide bonds. The van der Waals surface area contributed by atoms with Crippen molar-refractivity contribution in [3.8, 4) is 0 Å². The first-order chi connectivity index (χ1) is 9.08. The molecule has 0 bridgehead atoms. The number of carbonyl (C=O) groups is 1. The van der Waals surface area contributed by atoms with Gasteiger partial charge in [-0.1, -0.05) is 12.1 Å². The highest BCUT2D eigenvalue weighted by molar-refractivity contribution is 5.86. The minimum atomic E-state index is -0.774. The van der Waals surface area contributed by atoms with Crippen molar-refractivity contribution in [2.24, 2.45) is 0 Å². The molecule has 2 unspecified atom stereocenters. The van der Waals surface area contributed by atoms with Crippen LogP contribution in [0.15, 0.2) is 24.3 Å². The molecule has 4 heteroatoms. The summed E-state index contributed by atoms with van der Waals surface area (Å²) in [7, 11) is 0. The number of hydrogen-bond acceptors (Lipinski definition) is 4. The molecule has 0 aliphatic carbocycles. The lowest BCUT2D eigenvalue weighted by molar-refractivity contribution is -0.150. The van der Waals surface area contributed by atoms with E-state index in [1.54, 1.807) is 0 Å². The molecular formula is C15H21NO3.